The van der Waals surface area contributed by atoms with Crippen LogP contribution in [0.4, 0.5) is 22.7 Å². The number of anilines is 4. The Hall–Kier alpha value is -6.98. The largest absolute Gasteiger partial charge is 0.313 e. The minimum Gasteiger partial charge on any atom is -0.313 e. The Labute approximate surface area is 382 Å². The van der Waals surface area contributed by atoms with Crippen LogP contribution in [0.2, 0.25) is 0 Å². The minimum atomic E-state index is 0.255. The van der Waals surface area contributed by atoms with Crippen molar-refractivity contribution < 1.29 is 0 Å². The summed E-state index contributed by atoms with van der Waals surface area (Å²) in [4.78, 5) is 4.97. The molecule has 9 aromatic rings. The zero-order chi connectivity index (χ0) is 42.4. The highest BCUT2D eigenvalue weighted by atomic mass is 32.1. The molecule has 0 amide bonds. The number of para-hydroxylation sites is 2. The maximum Gasteiger partial charge on any atom is 0.0640 e. The van der Waals surface area contributed by atoms with Crippen molar-refractivity contribution in [3.8, 4) is 0 Å². The molecule has 308 valence electrons. The summed E-state index contributed by atoms with van der Waals surface area (Å²) in [6, 6.07) is 66.7. The van der Waals surface area contributed by atoms with E-state index in [1.807, 2.05) is 22.7 Å². The summed E-state index contributed by atoms with van der Waals surface area (Å²) in [6.45, 7) is 0. The molecule has 3 aliphatic carbocycles. The van der Waals surface area contributed by atoms with Crippen LogP contribution in [0.1, 0.15) is 42.7 Å². The summed E-state index contributed by atoms with van der Waals surface area (Å²) in [7, 11) is 0. The third-order valence-corrected chi connectivity index (χ3v) is 15.7. The van der Waals surface area contributed by atoms with E-state index in [0.29, 0.717) is 0 Å². The molecule has 0 N–H and O–H groups in total. The van der Waals surface area contributed by atoms with Crippen molar-refractivity contribution in [2.75, 3.05) is 9.80 Å². The van der Waals surface area contributed by atoms with Gasteiger partial charge in [-0.15, -0.1) is 22.7 Å². The quantitative estimate of drug-likeness (QED) is 0.143. The third-order valence-electron chi connectivity index (χ3n) is 13.2. The van der Waals surface area contributed by atoms with E-state index in [2.05, 4.69) is 228 Å². The second-order valence-corrected chi connectivity index (χ2v) is 19.2. The molecule has 2 nitrogen and oxygen atoms in total. The first-order valence-electron chi connectivity index (χ1n) is 22.5. The number of hydrogen-bond acceptors (Lipinski definition) is 4. The fourth-order valence-electron chi connectivity index (χ4n) is 10.1. The Kier molecular flexibility index (Phi) is 10.0. The summed E-state index contributed by atoms with van der Waals surface area (Å²) in [5.74, 6) is 0.525. The monoisotopic (exact) mass is 858 g/mol. The molecular formula is C60H46N2S2. The number of hydrogen-bond donors (Lipinski definition) is 0. The van der Waals surface area contributed by atoms with Gasteiger partial charge >= 0.3 is 0 Å². The maximum absolute atomic E-state index is 2.56. The van der Waals surface area contributed by atoms with E-state index in [4.69, 9.17) is 0 Å². The van der Waals surface area contributed by atoms with Gasteiger partial charge in [-0.25, -0.2) is 0 Å². The minimum absolute atomic E-state index is 0.255. The van der Waals surface area contributed by atoms with Gasteiger partial charge in [0.25, 0.3) is 0 Å². The van der Waals surface area contributed by atoms with Crippen molar-refractivity contribution in [2.45, 2.75) is 31.6 Å². The van der Waals surface area contributed by atoms with Gasteiger partial charge in [0.15, 0.2) is 0 Å². The highest BCUT2D eigenvalue weighted by Crippen LogP contribution is 2.45. The molecule has 64 heavy (non-hydrogen) atoms. The van der Waals surface area contributed by atoms with Gasteiger partial charge < -0.3 is 9.80 Å². The highest BCUT2D eigenvalue weighted by Gasteiger charge is 2.26. The summed E-state index contributed by atoms with van der Waals surface area (Å²) in [5.41, 5.74) is 12.8. The van der Waals surface area contributed by atoms with Crippen LogP contribution >= 0.6 is 22.7 Å². The van der Waals surface area contributed by atoms with Crippen molar-refractivity contribution in [1.82, 2.24) is 0 Å². The Morgan fingerprint density at radius 1 is 0.516 bits per heavy atom. The summed E-state index contributed by atoms with van der Waals surface area (Å²) in [5, 5.41) is 5.38. The number of rotatable bonds is 9. The molecule has 0 fully saturated rings. The Morgan fingerprint density at radius 3 is 1.89 bits per heavy atom. The van der Waals surface area contributed by atoms with Crippen LogP contribution in [0.25, 0.3) is 47.6 Å². The first-order chi connectivity index (χ1) is 31.7. The molecule has 0 spiro atoms. The van der Waals surface area contributed by atoms with E-state index in [0.717, 1.165) is 25.7 Å². The van der Waals surface area contributed by atoms with Crippen LogP contribution in [0.15, 0.2) is 224 Å². The molecule has 0 radical (unpaired) electrons. The van der Waals surface area contributed by atoms with E-state index in [1.54, 1.807) is 0 Å². The molecule has 2 atom stereocenters. The molecule has 4 heteroatoms. The number of allylic oxidation sites excluding steroid dienone is 7. The molecule has 2 aromatic heterocycles. The lowest BCUT2D eigenvalue weighted by Crippen LogP contribution is -2.31. The fraction of sp³-hybridized carbons (Fsp3) is 0.100. The van der Waals surface area contributed by atoms with Crippen LogP contribution < -0.4 is 19.6 Å². The van der Waals surface area contributed by atoms with E-state index in [1.165, 1.54) is 96.4 Å². The lowest BCUT2D eigenvalue weighted by Gasteiger charge is -2.31. The molecular weight excluding hydrogens is 813 g/mol. The van der Waals surface area contributed by atoms with Gasteiger partial charge in [0.2, 0.25) is 0 Å². The summed E-state index contributed by atoms with van der Waals surface area (Å²) < 4.78 is 5.38. The third kappa shape index (κ3) is 7.04. The lowest BCUT2D eigenvalue weighted by atomic mass is 9.78. The van der Waals surface area contributed by atoms with Gasteiger partial charge in [-0.1, -0.05) is 158 Å². The Morgan fingerprint density at radius 2 is 1.16 bits per heavy atom. The zero-order valence-electron chi connectivity index (χ0n) is 35.5. The molecule has 7 aromatic carbocycles. The Bertz CT molecular complexity index is 3440. The van der Waals surface area contributed by atoms with Crippen LogP contribution in [0.5, 0.6) is 0 Å². The molecule has 0 saturated heterocycles. The van der Waals surface area contributed by atoms with Gasteiger partial charge in [-0.3, -0.25) is 0 Å². The molecule has 0 aliphatic heterocycles. The fourth-order valence-corrected chi connectivity index (χ4v) is 12.6. The van der Waals surface area contributed by atoms with Crippen LogP contribution in [0, 0.1) is 5.92 Å². The zero-order valence-corrected chi connectivity index (χ0v) is 37.1. The SMILES string of the molecule is C1=CC(C2=CC(c3ccc(N(C4=c5sc6ccccc6c5=CCC4)c4ccccc4)cc3)CC(c3ccccc3)=C2)CC=C1N(c1ccccc1)c1cccc2c1sc1ccccc12. The van der Waals surface area contributed by atoms with Crippen LogP contribution in [-0.4, -0.2) is 0 Å². The Balaban J connectivity index is 0.895. The first-order valence-corrected chi connectivity index (χ1v) is 24.1. The summed E-state index contributed by atoms with van der Waals surface area (Å²) >= 11 is 3.81. The van der Waals surface area contributed by atoms with Gasteiger partial charge in [-0.05, 0) is 114 Å². The van der Waals surface area contributed by atoms with E-state index < -0.39 is 0 Å². The number of benzene rings is 7. The van der Waals surface area contributed by atoms with Crippen molar-refractivity contribution in [1.29, 1.82) is 0 Å². The molecule has 0 saturated carbocycles. The summed E-state index contributed by atoms with van der Waals surface area (Å²) in [6.07, 6.45) is 18.7. The second-order valence-electron chi connectivity index (χ2n) is 17.1. The predicted molar refractivity (Wildman–Crippen MR) is 276 cm³/mol. The normalized spacial score (nSPS) is 17.1. The van der Waals surface area contributed by atoms with Gasteiger partial charge in [0.1, 0.15) is 0 Å². The smallest absolute Gasteiger partial charge is 0.0640 e. The van der Waals surface area contributed by atoms with Crippen LogP contribution in [-0.2, 0) is 0 Å². The van der Waals surface area contributed by atoms with Crippen molar-refractivity contribution in [3.63, 3.8) is 0 Å². The average molecular weight is 859 g/mol. The molecule has 0 bridgehead atoms. The maximum atomic E-state index is 2.56. The van der Waals surface area contributed by atoms with Crippen molar-refractivity contribution in [3.05, 3.63) is 245 Å². The lowest BCUT2D eigenvalue weighted by molar-refractivity contribution is 0.745. The molecule has 3 aliphatic rings. The second kappa shape index (κ2) is 16.6. The molecule has 2 heterocycles. The van der Waals surface area contributed by atoms with Gasteiger partial charge in [-0.2, -0.15) is 0 Å². The molecule has 12 rings (SSSR count). The number of fused-ring (bicyclic) bond motifs is 6. The van der Waals surface area contributed by atoms with Crippen molar-refractivity contribution in [2.24, 2.45) is 5.92 Å². The first kappa shape index (κ1) is 38.7. The van der Waals surface area contributed by atoms with E-state index >= 15 is 0 Å². The highest BCUT2D eigenvalue weighted by molar-refractivity contribution is 7.26. The standard InChI is InChI=1S/C60H46N2S2/c1-4-16-41(17-5-1)44-38-45(42-30-34-49(35-31-42)61(47-18-6-2-7-19-47)55-26-14-24-53-51-22-10-12-28-57(51)63-59(53)55)40-46(39-44)43-32-36-50(37-33-43)62(48-20-8-3-9-21-48)56-27-15-25-54-52-23-11-13-29-58(52)64-60(54)56/h1-14,16-26,28-30,32-38,40,42,46H,15,27,31,39H2. The van der Waals surface area contributed by atoms with E-state index in [-0.39, 0.29) is 11.8 Å². The number of nitrogens with zero attached hydrogens (tertiary/aromatic N) is 2. The van der Waals surface area contributed by atoms with Crippen molar-refractivity contribution >= 4 is 93.0 Å². The predicted octanol–water partition coefficient (Wildman–Crippen LogP) is 15.6. The topological polar surface area (TPSA) is 6.48 Å². The van der Waals surface area contributed by atoms with Gasteiger partial charge in [0.05, 0.1) is 14.9 Å². The number of thiophene rings is 2. The van der Waals surface area contributed by atoms with Crippen LogP contribution in [0.3, 0.4) is 0 Å². The molecule has 2 unspecified atom stereocenters. The average Bonchev–Trinajstić information content (AvgIpc) is 3.95. The van der Waals surface area contributed by atoms with Gasteiger partial charge in [0, 0.05) is 65.9 Å². The van der Waals surface area contributed by atoms with E-state index in [9.17, 15) is 0 Å².